The first kappa shape index (κ1) is 8.04. The molecule has 1 heterocycles. The van der Waals surface area contributed by atoms with Crippen LogP contribution in [-0.4, -0.2) is 17.1 Å². The Kier molecular flexibility index (Phi) is 1.69. The van der Waals surface area contributed by atoms with Gasteiger partial charge in [-0.25, -0.2) is 9.18 Å². The molecule has 1 aliphatic rings. The largest absolute Gasteiger partial charge is 0.480 e. The molecular formula is C9H8FNO2. The van der Waals surface area contributed by atoms with Crippen LogP contribution in [-0.2, 0) is 11.2 Å². The van der Waals surface area contributed by atoms with Gasteiger partial charge >= 0.3 is 5.97 Å². The lowest BCUT2D eigenvalue weighted by atomic mass is 10.1. The molecule has 1 aromatic carbocycles. The average Bonchev–Trinajstić information content (AvgIpc) is 2.46. The summed E-state index contributed by atoms with van der Waals surface area (Å²) in [6.07, 6.45) is 0.422. The first-order valence-electron chi connectivity index (χ1n) is 3.94. The summed E-state index contributed by atoms with van der Waals surface area (Å²) in [6, 6.07) is 3.65. The maximum Gasteiger partial charge on any atom is 0.326 e. The highest BCUT2D eigenvalue weighted by Gasteiger charge is 2.26. The van der Waals surface area contributed by atoms with Crippen molar-refractivity contribution in [1.82, 2.24) is 0 Å². The number of anilines is 1. The summed E-state index contributed by atoms with van der Waals surface area (Å²) in [5.74, 6) is -1.26. The molecule has 2 N–H and O–H groups in total. The van der Waals surface area contributed by atoms with Gasteiger partial charge in [0.05, 0.1) is 0 Å². The molecule has 0 saturated carbocycles. The van der Waals surface area contributed by atoms with Crippen molar-refractivity contribution in [1.29, 1.82) is 0 Å². The van der Waals surface area contributed by atoms with Crippen LogP contribution in [0.4, 0.5) is 10.1 Å². The molecule has 0 spiro atoms. The normalized spacial score (nSPS) is 19.3. The summed E-state index contributed by atoms with van der Waals surface area (Å²) in [7, 11) is 0. The number of hydrogen-bond acceptors (Lipinski definition) is 2. The van der Waals surface area contributed by atoms with Crippen molar-refractivity contribution in [2.45, 2.75) is 12.5 Å². The van der Waals surface area contributed by atoms with Crippen molar-refractivity contribution >= 4 is 11.7 Å². The van der Waals surface area contributed by atoms with Crippen LogP contribution in [0.3, 0.4) is 0 Å². The number of carboxylic acid groups (broad SMARTS) is 1. The second kappa shape index (κ2) is 2.73. The van der Waals surface area contributed by atoms with E-state index in [1.54, 1.807) is 6.07 Å². The zero-order valence-electron chi connectivity index (χ0n) is 6.75. The van der Waals surface area contributed by atoms with E-state index in [4.69, 9.17) is 5.11 Å². The molecule has 1 aliphatic heterocycles. The molecule has 0 amide bonds. The van der Waals surface area contributed by atoms with Gasteiger partial charge in [-0.05, 0) is 17.7 Å². The molecule has 13 heavy (non-hydrogen) atoms. The van der Waals surface area contributed by atoms with E-state index in [-0.39, 0.29) is 5.82 Å². The number of carbonyl (C=O) groups is 1. The van der Waals surface area contributed by atoms with Crippen LogP contribution in [0.2, 0.25) is 0 Å². The third-order valence-electron chi connectivity index (χ3n) is 2.12. The second-order valence-corrected chi connectivity index (χ2v) is 3.04. The predicted octanol–water partition coefficient (Wildman–Crippen LogP) is 1.25. The Balaban J connectivity index is 2.30. The molecule has 0 bridgehead atoms. The van der Waals surface area contributed by atoms with Gasteiger partial charge < -0.3 is 10.4 Å². The highest BCUT2D eigenvalue weighted by Crippen LogP contribution is 2.26. The van der Waals surface area contributed by atoms with E-state index < -0.39 is 12.0 Å². The zero-order valence-corrected chi connectivity index (χ0v) is 6.75. The van der Waals surface area contributed by atoms with Gasteiger partial charge in [-0.15, -0.1) is 0 Å². The van der Waals surface area contributed by atoms with Gasteiger partial charge in [0.2, 0.25) is 0 Å². The van der Waals surface area contributed by atoms with Crippen LogP contribution in [0.25, 0.3) is 0 Å². The van der Waals surface area contributed by atoms with Gasteiger partial charge in [-0.3, -0.25) is 0 Å². The molecule has 0 fully saturated rings. The van der Waals surface area contributed by atoms with Crippen molar-refractivity contribution in [2.75, 3.05) is 5.32 Å². The molecular weight excluding hydrogens is 173 g/mol. The van der Waals surface area contributed by atoms with E-state index in [1.165, 1.54) is 12.1 Å². The van der Waals surface area contributed by atoms with Crippen LogP contribution in [0.5, 0.6) is 0 Å². The number of carboxylic acids is 1. The lowest BCUT2D eigenvalue weighted by Gasteiger charge is -2.03. The smallest absolute Gasteiger partial charge is 0.326 e. The fraction of sp³-hybridized carbons (Fsp3) is 0.222. The zero-order chi connectivity index (χ0) is 9.42. The SMILES string of the molecule is O=C(O)[C@H]1Cc2ccc(F)cc2N1. The first-order valence-corrected chi connectivity index (χ1v) is 3.94. The monoisotopic (exact) mass is 181 g/mol. The third-order valence-corrected chi connectivity index (χ3v) is 2.12. The molecule has 0 aromatic heterocycles. The van der Waals surface area contributed by atoms with Gasteiger partial charge in [0.25, 0.3) is 0 Å². The van der Waals surface area contributed by atoms with E-state index >= 15 is 0 Å². The molecule has 0 unspecified atom stereocenters. The number of rotatable bonds is 1. The van der Waals surface area contributed by atoms with Crippen LogP contribution in [0.1, 0.15) is 5.56 Å². The first-order chi connectivity index (χ1) is 6.16. The predicted molar refractivity (Wildman–Crippen MR) is 45.2 cm³/mol. The Morgan fingerprint density at radius 2 is 2.38 bits per heavy atom. The number of halogens is 1. The minimum atomic E-state index is -0.906. The van der Waals surface area contributed by atoms with Crippen LogP contribution < -0.4 is 5.32 Å². The second-order valence-electron chi connectivity index (χ2n) is 3.04. The van der Waals surface area contributed by atoms with Crippen molar-refractivity contribution in [2.24, 2.45) is 0 Å². The molecule has 4 heteroatoms. The molecule has 3 nitrogen and oxygen atoms in total. The van der Waals surface area contributed by atoms with Crippen molar-refractivity contribution in [3.8, 4) is 0 Å². The standard InChI is InChI=1S/C9H8FNO2/c10-6-2-1-5-3-8(9(12)13)11-7(5)4-6/h1-2,4,8,11H,3H2,(H,12,13)/t8-/m1/s1. The van der Waals surface area contributed by atoms with Gasteiger partial charge in [0, 0.05) is 12.1 Å². The number of benzene rings is 1. The molecule has 68 valence electrons. The van der Waals surface area contributed by atoms with Crippen LogP contribution >= 0.6 is 0 Å². The molecule has 1 aromatic rings. The lowest BCUT2D eigenvalue weighted by molar-refractivity contribution is -0.137. The highest BCUT2D eigenvalue weighted by atomic mass is 19.1. The molecule has 2 rings (SSSR count). The van der Waals surface area contributed by atoms with E-state index in [2.05, 4.69) is 5.32 Å². The fourth-order valence-corrected chi connectivity index (χ4v) is 1.47. The summed E-state index contributed by atoms with van der Waals surface area (Å²) < 4.78 is 12.7. The number of nitrogens with one attached hydrogen (secondary N) is 1. The van der Waals surface area contributed by atoms with Crippen molar-refractivity contribution < 1.29 is 14.3 Å². The number of fused-ring (bicyclic) bond motifs is 1. The fourth-order valence-electron chi connectivity index (χ4n) is 1.47. The van der Waals surface area contributed by atoms with E-state index in [9.17, 15) is 9.18 Å². The van der Waals surface area contributed by atoms with Gasteiger partial charge in [0.15, 0.2) is 0 Å². The Morgan fingerprint density at radius 1 is 1.62 bits per heavy atom. The molecule has 0 aliphatic carbocycles. The van der Waals surface area contributed by atoms with Gasteiger partial charge in [-0.2, -0.15) is 0 Å². The summed E-state index contributed by atoms with van der Waals surface area (Å²) in [4.78, 5) is 10.6. The molecule has 0 saturated heterocycles. The van der Waals surface area contributed by atoms with Crippen molar-refractivity contribution in [3.05, 3.63) is 29.6 Å². The summed E-state index contributed by atoms with van der Waals surface area (Å²) in [5.41, 5.74) is 1.45. The minimum absolute atomic E-state index is 0.350. The van der Waals surface area contributed by atoms with Gasteiger partial charge in [-0.1, -0.05) is 6.07 Å². The quantitative estimate of drug-likeness (QED) is 0.685. The van der Waals surface area contributed by atoms with Gasteiger partial charge in [0.1, 0.15) is 11.9 Å². The maximum absolute atomic E-state index is 12.7. The average molecular weight is 181 g/mol. The Morgan fingerprint density at radius 3 is 3.08 bits per heavy atom. The van der Waals surface area contributed by atoms with E-state index in [0.717, 1.165) is 5.56 Å². The van der Waals surface area contributed by atoms with E-state index in [1.807, 2.05) is 0 Å². The van der Waals surface area contributed by atoms with Crippen LogP contribution in [0, 0.1) is 5.82 Å². The third kappa shape index (κ3) is 1.35. The topological polar surface area (TPSA) is 49.3 Å². The number of hydrogen-bond donors (Lipinski definition) is 2. The summed E-state index contributed by atoms with van der Waals surface area (Å²) >= 11 is 0. The Bertz CT molecular complexity index is 365. The minimum Gasteiger partial charge on any atom is -0.480 e. The summed E-state index contributed by atoms with van der Waals surface area (Å²) in [5, 5.41) is 11.4. The van der Waals surface area contributed by atoms with E-state index in [0.29, 0.717) is 12.1 Å². The number of aliphatic carboxylic acids is 1. The van der Waals surface area contributed by atoms with Crippen LogP contribution in [0.15, 0.2) is 18.2 Å². The van der Waals surface area contributed by atoms with Crippen molar-refractivity contribution in [3.63, 3.8) is 0 Å². The highest BCUT2D eigenvalue weighted by molar-refractivity contribution is 5.81. The Hall–Kier alpha value is -1.58. The lowest BCUT2D eigenvalue weighted by Crippen LogP contribution is -2.26. The Labute approximate surface area is 74.2 Å². The maximum atomic E-state index is 12.7. The molecule has 1 atom stereocenters. The molecule has 0 radical (unpaired) electrons. The summed E-state index contributed by atoms with van der Waals surface area (Å²) in [6.45, 7) is 0.